The van der Waals surface area contributed by atoms with Crippen LogP contribution in [0.15, 0.2) is 24.3 Å². The maximum atomic E-state index is 13.1. The van der Waals surface area contributed by atoms with E-state index in [4.69, 9.17) is 4.74 Å². The van der Waals surface area contributed by atoms with E-state index in [1.54, 1.807) is 0 Å². The number of fused-ring (bicyclic) bond motifs is 1. The monoisotopic (exact) mass is 499 g/mol. The molecule has 0 radical (unpaired) electrons. The number of benzene rings is 1. The van der Waals surface area contributed by atoms with Gasteiger partial charge in [-0.1, -0.05) is 12.1 Å². The summed E-state index contributed by atoms with van der Waals surface area (Å²) in [6.07, 6.45) is 3.43. The van der Waals surface area contributed by atoms with Crippen molar-refractivity contribution in [1.82, 2.24) is 20.0 Å². The Hall–Kier alpha value is -2.65. The highest BCUT2D eigenvalue weighted by atomic mass is 16.5. The second-order valence-corrected chi connectivity index (χ2v) is 10.6. The number of carbonyl (C=O) groups is 3. The Morgan fingerprint density at radius 3 is 2.42 bits per heavy atom. The molecule has 3 fully saturated rings. The highest BCUT2D eigenvalue weighted by molar-refractivity contribution is 5.83. The second-order valence-electron chi connectivity index (χ2n) is 10.6. The van der Waals surface area contributed by atoms with Gasteiger partial charge in [0.05, 0.1) is 13.0 Å². The summed E-state index contributed by atoms with van der Waals surface area (Å²) in [6.45, 7) is 3.39. The molecule has 3 heterocycles. The van der Waals surface area contributed by atoms with Crippen molar-refractivity contribution in [3.8, 4) is 0 Å². The quantitative estimate of drug-likeness (QED) is 0.567. The third-order valence-electron chi connectivity index (χ3n) is 8.26. The van der Waals surface area contributed by atoms with Gasteiger partial charge in [0.15, 0.2) is 0 Å². The number of nitrogens with zero attached hydrogens (tertiary/aromatic N) is 4. The van der Waals surface area contributed by atoms with Gasteiger partial charge in [-0.05, 0) is 50.4 Å². The molecule has 9 heteroatoms. The number of anilines is 1. The fourth-order valence-corrected chi connectivity index (χ4v) is 5.94. The van der Waals surface area contributed by atoms with E-state index in [2.05, 4.69) is 51.3 Å². The number of esters is 1. The number of piperidine rings is 1. The van der Waals surface area contributed by atoms with Crippen LogP contribution in [0.4, 0.5) is 5.69 Å². The van der Waals surface area contributed by atoms with Crippen LogP contribution < -0.4 is 10.2 Å². The summed E-state index contributed by atoms with van der Waals surface area (Å²) in [5, 5.41) is 3.16. The average molecular weight is 500 g/mol. The van der Waals surface area contributed by atoms with Crippen molar-refractivity contribution in [2.24, 2.45) is 5.92 Å². The summed E-state index contributed by atoms with van der Waals surface area (Å²) < 4.78 is 4.85. The minimum Gasteiger partial charge on any atom is -0.469 e. The Bertz CT molecular complexity index is 929. The summed E-state index contributed by atoms with van der Waals surface area (Å²) in [4.78, 5) is 46.3. The van der Waals surface area contributed by atoms with Crippen molar-refractivity contribution >= 4 is 23.5 Å². The summed E-state index contributed by atoms with van der Waals surface area (Å²) in [5.41, 5.74) is 2.37. The third kappa shape index (κ3) is 5.83. The fourth-order valence-electron chi connectivity index (χ4n) is 5.94. The van der Waals surface area contributed by atoms with Crippen molar-refractivity contribution in [3.05, 3.63) is 29.8 Å². The maximum Gasteiger partial charge on any atom is 0.308 e. The lowest BCUT2D eigenvalue weighted by Gasteiger charge is -2.34. The molecule has 0 spiro atoms. The highest BCUT2D eigenvalue weighted by Gasteiger charge is 2.45. The van der Waals surface area contributed by atoms with Gasteiger partial charge < -0.3 is 19.9 Å². The number of hydrogen-bond donors (Lipinski definition) is 1. The molecule has 3 saturated heterocycles. The van der Waals surface area contributed by atoms with E-state index in [-0.39, 0.29) is 41.8 Å². The number of likely N-dealkylation sites (N-methyl/N-ethyl adjacent to an activating group) is 1. The molecule has 0 unspecified atom stereocenters. The van der Waals surface area contributed by atoms with Crippen molar-refractivity contribution in [2.75, 3.05) is 59.3 Å². The highest BCUT2D eigenvalue weighted by Crippen LogP contribution is 2.29. The Balaban J connectivity index is 1.31. The van der Waals surface area contributed by atoms with Gasteiger partial charge >= 0.3 is 5.97 Å². The van der Waals surface area contributed by atoms with Gasteiger partial charge in [-0.25, -0.2) is 0 Å². The van der Waals surface area contributed by atoms with E-state index in [1.165, 1.54) is 12.7 Å². The number of carbonyl (C=O) groups excluding carboxylic acids is 3. The van der Waals surface area contributed by atoms with Crippen molar-refractivity contribution in [1.29, 1.82) is 0 Å². The lowest BCUT2D eigenvalue weighted by Crippen LogP contribution is -2.49. The summed E-state index contributed by atoms with van der Waals surface area (Å²) in [7, 11) is 7.58. The molecule has 0 aromatic heterocycles. The molecule has 1 aromatic rings. The molecule has 0 bridgehead atoms. The first kappa shape index (κ1) is 26.4. The predicted octanol–water partition coefficient (Wildman–Crippen LogP) is 1.32. The summed E-state index contributed by atoms with van der Waals surface area (Å²) >= 11 is 0. The second kappa shape index (κ2) is 11.6. The van der Waals surface area contributed by atoms with Crippen molar-refractivity contribution < 1.29 is 19.1 Å². The summed E-state index contributed by atoms with van der Waals surface area (Å²) in [5.74, 6) is -0.0555. The number of amides is 2. The molecule has 3 aliphatic rings. The van der Waals surface area contributed by atoms with Crippen LogP contribution in [0, 0.1) is 5.92 Å². The molecule has 4 rings (SSSR count). The molecule has 1 aromatic carbocycles. The lowest BCUT2D eigenvalue weighted by atomic mass is 9.96. The predicted molar refractivity (Wildman–Crippen MR) is 138 cm³/mol. The molecule has 0 saturated carbocycles. The number of rotatable bonds is 7. The van der Waals surface area contributed by atoms with Crippen molar-refractivity contribution in [2.45, 2.75) is 56.8 Å². The normalized spacial score (nSPS) is 25.7. The van der Waals surface area contributed by atoms with E-state index in [1.807, 2.05) is 19.0 Å². The SMILES string of the molecule is COC(=O)C1CCN(C(=O)CC[C@H]2CNC(=O)[C@@H]3[C@H](CCN3Cc3ccc(N(C)C)cc3)N2C)CC1. The topological polar surface area (TPSA) is 85.4 Å². The van der Waals surface area contributed by atoms with Gasteiger partial charge in [0, 0.05) is 71.0 Å². The number of methoxy groups -OCH3 is 1. The number of ether oxygens (including phenoxy) is 1. The molecule has 198 valence electrons. The van der Waals surface area contributed by atoms with Crippen LogP contribution >= 0.6 is 0 Å². The zero-order valence-corrected chi connectivity index (χ0v) is 22.1. The number of likely N-dealkylation sites (tertiary alicyclic amines) is 2. The fraction of sp³-hybridized carbons (Fsp3) is 0.667. The van der Waals surface area contributed by atoms with Crippen molar-refractivity contribution in [3.63, 3.8) is 0 Å². The van der Waals surface area contributed by atoms with Crippen LogP contribution in [0.5, 0.6) is 0 Å². The smallest absolute Gasteiger partial charge is 0.308 e. The summed E-state index contributed by atoms with van der Waals surface area (Å²) in [6, 6.07) is 8.61. The molecule has 3 atom stereocenters. The molecule has 2 amide bonds. The van der Waals surface area contributed by atoms with E-state index in [0.29, 0.717) is 45.3 Å². The van der Waals surface area contributed by atoms with Crippen LogP contribution in [0.2, 0.25) is 0 Å². The van der Waals surface area contributed by atoms with Gasteiger partial charge in [0.1, 0.15) is 6.04 Å². The molecule has 1 N–H and O–H groups in total. The number of nitrogens with one attached hydrogen (secondary N) is 1. The molecular weight excluding hydrogens is 458 g/mol. The zero-order chi connectivity index (χ0) is 25.8. The van der Waals surface area contributed by atoms with Gasteiger partial charge in [-0.2, -0.15) is 0 Å². The van der Waals surface area contributed by atoms with Crippen LogP contribution in [0.25, 0.3) is 0 Å². The Morgan fingerprint density at radius 1 is 1.08 bits per heavy atom. The Kier molecular flexibility index (Phi) is 8.51. The van der Waals surface area contributed by atoms with Gasteiger partial charge in [-0.3, -0.25) is 24.2 Å². The van der Waals surface area contributed by atoms with E-state index in [9.17, 15) is 14.4 Å². The number of hydrogen-bond acceptors (Lipinski definition) is 7. The van der Waals surface area contributed by atoms with E-state index in [0.717, 1.165) is 25.2 Å². The zero-order valence-electron chi connectivity index (χ0n) is 22.1. The van der Waals surface area contributed by atoms with Gasteiger partial charge in [-0.15, -0.1) is 0 Å². The van der Waals surface area contributed by atoms with Crippen LogP contribution in [0.1, 0.15) is 37.7 Å². The van der Waals surface area contributed by atoms with E-state index >= 15 is 0 Å². The maximum absolute atomic E-state index is 13.1. The minimum atomic E-state index is -0.179. The Labute approximate surface area is 214 Å². The van der Waals surface area contributed by atoms with E-state index < -0.39 is 0 Å². The molecular formula is C27H41N5O4. The molecule has 3 aliphatic heterocycles. The Morgan fingerprint density at radius 2 is 1.78 bits per heavy atom. The molecule has 36 heavy (non-hydrogen) atoms. The van der Waals surface area contributed by atoms with Gasteiger partial charge in [0.2, 0.25) is 11.8 Å². The third-order valence-corrected chi connectivity index (χ3v) is 8.26. The average Bonchev–Trinajstić information content (AvgIpc) is 3.26. The van der Waals surface area contributed by atoms with Gasteiger partial charge in [0.25, 0.3) is 0 Å². The first-order valence-electron chi connectivity index (χ1n) is 13.1. The molecule has 0 aliphatic carbocycles. The lowest BCUT2D eigenvalue weighted by molar-refractivity contribution is -0.149. The van der Waals surface area contributed by atoms with Crippen LogP contribution in [-0.2, 0) is 25.7 Å². The first-order chi connectivity index (χ1) is 17.3. The van der Waals surface area contributed by atoms with Crippen LogP contribution in [-0.4, -0.2) is 105 Å². The van der Waals surface area contributed by atoms with Crippen LogP contribution in [0.3, 0.4) is 0 Å². The minimum absolute atomic E-state index is 0.0907. The first-order valence-corrected chi connectivity index (χ1v) is 13.1. The standard InChI is InChI=1S/C27H41N5O4/c1-29(2)21-7-5-19(6-8-21)18-32-16-13-23-25(32)26(34)28-17-22(30(23)3)9-10-24(33)31-14-11-20(12-15-31)27(35)36-4/h5-8,20,22-23,25H,9-18H2,1-4H3,(H,28,34)/t22-,23-,25-/m0/s1. The largest absolute Gasteiger partial charge is 0.469 e. The molecule has 9 nitrogen and oxygen atoms in total.